The van der Waals surface area contributed by atoms with Crippen molar-refractivity contribution < 1.29 is 28.4 Å². The lowest BCUT2D eigenvalue weighted by Gasteiger charge is -2.16. The van der Waals surface area contributed by atoms with Gasteiger partial charge in [0.15, 0.2) is 34.3 Å². The first-order valence-corrected chi connectivity index (χ1v) is 16.4. The second-order valence-corrected chi connectivity index (χ2v) is 12.0. The van der Waals surface area contributed by atoms with E-state index in [4.69, 9.17) is 28.4 Å². The molecule has 53 heavy (non-hydrogen) atoms. The van der Waals surface area contributed by atoms with Crippen LogP contribution in [0.5, 0.6) is 34.8 Å². The maximum atomic E-state index is 13.4. The minimum Gasteiger partial charge on any atom is -0.493 e. The fourth-order valence-corrected chi connectivity index (χ4v) is 6.09. The highest BCUT2D eigenvalue weighted by atomic mass is 16.5. The third kappa shape index (κ3) is 6.43. The van der Waals surface area contributed by atoms with Crippen LogP contribution in [-0.2, 0) is 28.2 Å². The second-order valence-electron chi connectivity index (χ2n) is 12.0. The standard InChI is InChI=1S/C37H38N6O10/c1-40-32-30(34(44)42(3)36(40)46)22(20-10-12-24(48-5)26(16-20)50-7)18-28(38-32)52-14-9-15-53-29-19-23(21-11-13-25(49-6)27(17-21)51-8)31-33(39-29)41(2)37(47)43(4)35(31)45/h10-13,16-19H,9,14-15H2,1-8H3. The normalized spacial score (nSPS) is 11.2. The molecule has 0 aliphatic rings. The summed E-state index contributed by atoms with van der Waals surface area (Å²) in [5, 5.41) is 0.462. The lowest BCUT2D eigenvalue weighted by Crippen LogP contribution is -2.37. The monoisotopic (exact) mass is 726 g/mol. The molecule has 0 unspecified atom stereocenters. The van der Waals surface area contributed by atoms with Crippen LogP contribution in [0.2, 0.25) is 0 Å². The molecule has 2 aromatic carbocycles. The van der Waals surface area contributed by atoms with Gasteiger partial charge in [-0.3, -0.25) is 27.9 Å². The van der Waals surface area contributed by atoms with Gasteiger partial charge in [-0.15, -0.1) is 0 Å². The number of ether oxygens (including phenoxy) is 6. The fraction of sp³-hybridized carbons (Fsp3) is 0.297. The van der Waals surface area contributed by atoms with E-state index in [0.717, 1.165) is 9.13 Å². The molecule has 16 heteroatoms. The average Bonchev–Trinajstić information content (AvgIpc) is 3.18. The van der Waals surface area contributed by atoms with Crippen molar-refractivity contribution in [1.29, 1.82) is 0 Å². The third-order valence-electron chi connectivity index (χ3n) is 8.95. The van der Waals surface area contributed by atoms with Gasteiger partial charge in [0.25, 0.3) is 11.1 Å². The molecule has 0 spiro atoms. The minimum absolute atomic E-state index is 0.137. The Morgan fingerprint density at radius 1 is 0.509 bits per heavy atom. The van der Waals surface area contributed by atoms with Crippen LogP contribution in [-0.4, -0.2) is 69.9 Å². The van der Waals surface area contributed by atoms with Crippen molar-refractivity contribution in [2.45, 2.75) is 6.42 Å². The number of benzene rings is 2. The summed E-state index contributed by atoms with van der Waals surface area (Å²) < 4.78 is 38.5. The highest BCUT2D eigenvalue weighted by Gasteiger charge is 2.21. The number of methoxy groups -OCH3 is 4. The van der Waals surface area contributed by atoms with Crippen LogP contribution in [0.4, 0.5) is 0 Å². The molecule has 6 rings (SSSR count). The molecule has 0 saturated carbocycles. The molecule has 0 bridgehead atoms. The van der Waals surface area contributed by atoms with Crippen molar-refractivity contribution in [2.24, 2.45) is 28.2 Å². The Labute approximate surface area is 301 Å². The number of hydrogen-bond acceptors (Lipinski definition) is 12. The van der Waals surface area contributed by atoms with Crippen LogP contribution in [0.15, 0.2) is 67.7 Å². The number of aromatic nitrogens is 6. The predicted octanol–water partition coefficient (Wildman–Crippen LogP) is 2.79. The first kappa shape index (κ1) is 36.2. The van der Waals surface area contributed by atoms with Gasteiger partial charge in [-0.1, -0.05) is 12.1 Å². The molecule has 16 nitrogen and oxygen atoms in total. The molecule has 0 fully saturated rings. The summed E-state index contributed by atoms with van der Waals surface area (Å²) in [6.45, 7) is 0.273. The maximum absolute atomic E-state index is 13.4. The Morgan fingerprint density at radius 3 is 1.25 bits per heavy atom. The molecule has 276 valence electrons. The van der Waals surface area contributed by atoms with E-state index >= 15 is 0 Å². The molecule has 0 N–H and O–H groups in total. The molecular formula is C37H38N6O10. The van der Waals surface area contributed by atoms with Crippen molar-refractivity contribution in [3.63, 3.8) is 0 Å². The van der Waals surface area contributed by atoms with E-state index in [0.29, 0.717) is 51.7 Å². The number of nitrogens with zero attached hydrogens (tertiary/aromatic N) is 6. The number of fused-ring (bicyclic) bond motifs is 2. The van der Waals surface area contributed by atoms with E-state index in [9.17, 15) is 19.2 Å². The second kappa shape index (κ2) is 14.6. The van der Waals surface area contributed by atoms with Gasteiger partial charge in [0, 0.05) is 57.9 Å². The van der Waals surface area contributed by atoms with Crippen LogP contribution in [0.3, 0.4) is 0 Å². The van der Waals surface area contributed by atoms with E-state index in [1.54, 1.807) is 48.5 Å². The van der Waals surface area contributed by atoms with Crippen LogP contribution in [0.1, 0.15) is 6.42 Å². The zero-order chi connectivity index (χ0) is 38.1. The summed E-state index contributed by atoms with van der Waals surface area (Å²) in [4.78, 5) is 61.5. The molecule has 0 amide bonds. The quantitative estimate of drug-likeness (QED) is 0.169. The highest BCUT2D eigenvalue weighted by Crippen LogP contribution is 2.37. The first-order chi connectivity index (χ1) is 25.4. The van der Waals surface area contributed by atoms with Gasteiger partial charge in [-0.2, -0.15) is 9.97 Å². The summed E-state index contributed by atoms with van der Waals surface area (Å²) >= 11 is 0. The average molecular weight is 727 g/mol. The van der Waals surface area contributed by atoms with E-state index in [2.05, 4.69) is 9.97 Å². The fourth-order valence-electron chi connectivity index (χ4n) is 6.09. The molecule has 0 atom stereocenters. The van der Waals surface area contributed by atoms with Gasteiger partial charge in [-0.25, -0.2) is 9.59 Å². The van der Waals surface area contributed by atoms with Crippen LogP contribution >= 0.6 is 0 Å². The molecule has 0 aliphatic heterocycles. The number of aryl methyl sites for hydroxylation is 2. The Balaban J connectivity index is 1.31. The van der Waals surface area contributed by atoms with Crippen molar-refractivity contribution in [2.75, 3.05) is 41.7 Å². The van der Waals surface area contributed by atoms with Gasteiger partial charge >= 0.3 is 11.4 Å². The van der Waals surface area contributed by atoms with E-state index < -0.39 is 22.5 Å². The lowest BCUT2D eigenvalue weighted by atomic mass is 10.0. The first-order valence-electron chi connectivity index (χ1n) is 16.4. The molecule has 6 aromatic rings. The van der Waals surface area contributed by atoms with E-state index in [1.165, 1.54) is 65.8 Å². The molecule has 4 aromatic heterocycles. The summed E-state index contributed by atoms with van der Waals surface area (Å²) in [6, 6.07) is 13.7. The Kier molecular flexibility index (Phi) is 9.96. The number of pyridine rings is 2. The van der Waals surface area contributed by atoms with Crippen LogP contribution in [0.25, 0.3) is 44.3 Å². The molecule has 0 radical (unpaired) electrons. The molecule has 0 aliphatic carbocycles. The Bertz CT molecular complexity index is 2460. The van der Waals surface area contributed by atoms with Crippen molar-refractivity contribution in [3.8, 4) is 57.0 Å². The summed E-state index contributed by atoms with van der Waals surface area (Å²) in [5.74, 6) is 2.27. The topological polar surface area (TPSA) is 169 Å². The zero-order valence-electron chi connectivity index (χ0n) is 30.5. The van der Waals surface area contributed by atoms with Gasteiger partial charge in [0.1, 0.15) is 0 Å². The molecular weight excluding hydrogens is 688 g/mol. The van der Waals surface area contributed by atoms with Crippen LogP contribution in [0, 0.1) is 0 Å². The molecule has 0 saturated heterocycles. The smallest absolute Gasteiger partial charge is 0.332 e. The van der Waals surface area contributed by atoms with Gasteiger partial charge in [-0.05, 0) is 35.4 Å². The summed E-state index contributed by atoms with van der Waals surface area (Å²) in [6.07, 6.45) is 0.363. The van der Waals surface area contributed by atoms with E-state index in [-0.39, 0.29) is 47.0 Å². The highest BCUT2D eigenvalue weighted by molar-refractivity contribution is 5.94. The molecule has 4 heterocycles. The van der Waals surface area contributed by atoms with Crippen LogP contribution < -0.4 is 50.9 Å². The van der Waals surface area contributed by atoms with E-state index in [1.807, 2.05) is 0 Å². The SMILES string of the molecule is COc1ccc(-c2cc(OCCCOc3cc(-c4ccc(OC)c(OC)c4)c4c(=O)n(C)c(=O)n(C)c4n3)nc3c2c(=O)n(C)c(=O)n3C)cc1OC. The van der Waals surface area contributed by atoms with Crippen molar-refractivity contribution in [1.82, 2.24) is 28.2 Å². The Hall–Kier alpha value is -6.58. The van der Waals surface area contributed by atoms with Gasteiger partial charge < -0.3 is 28.4 Å². The van der Waals surface area contributed by atoms with Gasteiger partial charge in [0.05, 0.1) is 52.4 Å². The predicted molar refractivity (Wildman–Crippen MR) is 197 cm³/mol. The minimum atomic E-state index is -0.537. The van der Waals surface area contributed by atoms with Crippen molar-refractivity contribution in [3.05, 3.63) is 90.2 Å². The lowest BCUT2D eigenvalue weighted by molar-refractivity contribution is 0.238. The zero-order valence-corrected chi connectivity index (χ0v) is 30.5. The summed E-state index contributed by atoms with van der Waals surface area (Å²) in [5.41, 5.74) is 0.419. The third-order valence-corrected chi connectivity index (χ3v) is 8.95. The van der Waals surface area contributed by atoms with Gasteiger partial charge in [0.2, 0.25) is 11.8 Å². The maximum Gasteiger partial charge on any atom is 0.332 e. The van der Waals surface area contributed by atoms with Crippen molar-refractivity contribution >= 4 is 22.1 Å². The Morgan fingerprint density at radius 2 is 0.887 bits per heavy atom. The number of rotatable bonds is 12. The number of hydrogen-bond donors (Lipinski definition) is 0. The summed E-state index contributed by atoms with van der Waals surface area (Å²) in [7, 11) is 12.0. The largest absolute Gasteiger partial charge is 0.493 e.